The van der Waals surface area contributed by atoms with Gasteiger partial charge >= 0.3 is 5.97 Å². The average molecular weight is 296 g/mol. The molecule has 2 rings (SSSR count). The van der Waals surface area contributed by atoms with Gasteiger partial charge in [-0.2, -0.15) is 0 Å². The predicted molar refractivity (Wildman–Crippen MR) is 80.9 cm³/mol. The maximum atomic E-state index is 12.2. The molecule has 0 aromatic rings. The van der Waals surface area contributed by atoms with Crippen LogP contribution < -0.4 is 5.32 Å². The fourth-order valence-electron chi connectivity index (χ4n) is 3.01. The Kier molecular flexibility index (Phi) is 6.49. The SMILES string of the molecule is CCOC(=O)CN(CC(=O)NC1CCCCCC1)C1CC1. The van der Waals surface area contributed by atoms with E-state index in [2.05, 4.69) is 5.32 Å². The molecule has 1 N–H and O–H groups in total. The van der Waals surface area contributed by atoms with E-state index in [9.17, 15) is 9.59 Å². The summed E-state index contributed by atoms with van der Waals surface area (Å²) in [7, 11) is 0. The van der Waals surface area contributed by atoms with Crippen LogP contribution in [0.5, 0.6) is 0 Å². The van der Waals surface area contributed by atoms with Gasteiger partial charge in [0.2, 0.25) is 5.91 Å². The summed E-state index contributed by atoms with van der Waals surface area (Å²) in [6, 6.07) is 0.706. The van der Waals surface area contributed by atoms with Crippen molar-refractivity contribution < 1.29 is 14.3 Å². The van der Waals surface area contributed by atoms with Gasteiger partial charge in [-0.05, 0) is 32.6 Å². The molecular weight excluding hydrogens is 268 g/mol. The molecule has 0 atom stereocenters. The Balaban J connectivity index is 1.76. The highest BCUT2D eigenvalue weighted by atomic mass is 16.5. The van der Waals surface area contributed by atoms with E-state index in [1.165, 1.54) is 25.7 Å². The van der Waals surface area contributed by atoms with Crippen molar-refractivity contribution in [3.05, 3.63) is 0 Å². The topological polar surface area (TPSA) is 58.6 Å². The molecule has 0 bridgehead atoms. The first-order valence-corrected chi connectivity index (χ1v) is 8.38. The van der Waals surface area contributed by atoms with Crippen molar-refractivity contribution in [1.29, 1.82) is 0 Å². The van der Waals surface area contributed by atoms with Gasteiger partial charge in [0, 0.05) is 12.1 Å². The Morgan fingerprint density at radius 2 is 1.71 bits per heavy atom. The number of nitrogens with zero attached hydrogens (tertiary/aromatic N) is 1. The van der Waals surface area contributed by atoms with E-state index in [4.69, 9.17) is 4.74 Å². The van der Waals surface area contributed by atoms with Crippen molar-refractivity contribution in [1.82, 2.24) is 10.2 Å². The van der Waals surface area contributed by atoms with Crippen molar-refractivity contribution in [2.24, 2.45) is 0 Å². The highest BCUT2D eigenvalue weighted by Gasteiger charge is 2.32. The summed E-state index contributed by atoms with van der Waals surface area (Å²) in [5, 5.41) is 3.14. The molecule has 5 heteroatoms. The Labute approximate surface area is 127 Å². The average Bonchev–Trinajstić information content (AvgIpc) is 3.26. The maximum Gasteiger partial charge on any atom is 0.320 e. The predicted octanol–water partition coefficient (Wildman–Crippen LogP) is 1.85. The van der Waals surface area contributed by atoms with E-state index >= 15 is 0 Å². The molecular formula is C16H28N2O3. The fraction of sp³-hybridized carbons (Fsp3) is 0.875. The number of nitrogens with one attached hydrogen (secondary N) is 1. The number of carbonyl (C=O) groups excluding carboxylic acids is 2. The van der Waals surface area contributed by atoms with Crippen LogP contribution in [0.4, 0.5) is 0 Å². The Morgan fingerprint density at radius 3 is 2.29 bits per heavy atom. The molecule has 0 spiro atoms. The van der Waals surface area contributed by atoms with E-state index in [1.54, 1.807) is 6.92 Å². The summed E-state index contributed by atoms with van der Waals surface area (Å²) < 4.78 is 4.99. The van der Waals surface area contributed by atoms with E-state index < -0.39 is 0 Å². The zero-order valence-electron chi connectivity index (χ0n) is 13.1. The van der Waals surface area contributed by atoms with Gasteiger partial charge < -0.3 is 10.1 Å². The van der Waals surface area contributed by atoms with Gasteiger partial charge in [-0.25, -0.2) is 0 Å². The van der Waals surface area contributed by atoms with E-state index in [-0.39, 0.29) is 18.4 Å². The van der Waals surface area contributed by atoms with Crippen LogP contribution in [0.25, 0.3) is 0 Å². The zero-order valence-corrected chi connectivity index (χ0v) is 13.1. The van der Waals surface area contributed by atoms with E-state index in [1.807, 2.05) is 4.90 Å². The van der Waals surface area contributed by atoms with Gasteiger partial charge in [0.15, 0.2) is 0 Å². The molecule has 0 aliphatic heterocycles. The third-order valence-corrected chi connectivity index (χ3v) is 4.27. The molecule has 2 aliphatic rings. The minimum Gasteiger partial charge on any atom is -0.465 e. The summed E-state index contributed by atoms with van der Waals surface area (Å²) in [6.07, 6.45) is 9.32. The van der Waals surface area contributed by atoms with Crippen molar-refractivity contribution in [3.63, 3.8) is 0 Å². The lowest BCUT2D eigenvalue weighted by Gasteiger charge is -2.22. The summed E-state index contributed by atoms with van der Waals surface area (Å²) in [6.45, 7) is 2.75. The summed E-state index contributed by atoms with van der Waals surface area (Å²) in [4.78, 5) is 25.8. The molecule has 0 aromatic carbocycles. The number of amides is 1. The van der Waals surface area contributed by atoms with Gasteiger partial charge in [-0.3, -0.25) is 14.5 Å². The molecule has 0 aromatic heterocycles. The first-order valence-electron chi connectivity index (χ1n) is 8.38. The van der Waals surface area contributed by atoms with E-state index in [0.29, 0.717) is 25.2 Å². The zero-order chi connectivity index (χ0) is 15.1. The van der Waals surface area contributed by atoms with Crippen molar-refractivity contribution >= 4 is 11.9 Å². The minimum atomic E-state index is -0.230. The third-order valence-electron chi connectivity index (χ3n) is 4.27. The van der Waals surface area contributed by atoms with E-state index in [0.717, 1.165) is 25.7 Å². The molecule has 0 saturated heterocycles. The van der Waals surface area contributed by atoms with Crippen LogP contribution in [0.3, 0.4) is 0 Å². The summed E-state index contributed by atoms with van der Waals surface area (Å²) in [5.74, 6) is -0.176. The van der Waals surface area contributed by atoms with Crippen LogP contribution in [0.1, 0.15) is 58.3 Å². The minimum absolute atomic E-state index is 0.0538. The molecule has 0 unspecified atom stereocenters. The second-order valence-electron chi connectivity index (χ2n) is 6.20. The van der Waals surface area contributed by atoms with Crippen LogP contribution >= 0.6 is 0 Å². The fourth-order valence-corrected chi connectivity index (χ4v) is 3.01. The Morgan fingerprint density at radius 1 is 1.05 bits per heavy atom. The van der Waals surface area contributed by atoms with Crippen molar-refractivity contribution in [2.45, 2.75) is 70.4 Å². The summed E-state index contributed by atoms with van der Waals surface area (Å²) >= 11 is 0. The number of esters is 1. The largest absolute Gasteiger partial charge is 0.465 e. The number of ether oxygens (including phenoxy) is 1. The lowest BCUT2D eigenvalue weighted by atomic mass is 10.1. The molecule has 120 valence electrons. The van der Waals surface area contributed by atoms with Gasteiger partial charge in [0.25, 0.3) is 0 Å². The second-order valence-corrected chi connectivity index (χ2v) is 6.20. The normalized spacial score (nSPS) is 20.1. The monoisotopic (exact) mass is 296 g/mol. The van der Waals surface area contributed by atoms with Crippen LogP contribution in [-0.2, 0) is 14.3 Å². The van der Waals surface area contributed by atoms with Crippen LogP contribution in [0.2, 0.25) is 0 Å². The van der Waals surface area contributed by atoms with Gasteiger partial charge in [-0.1, -0.05) is 25.7 Å². The number of rotatable bonds is 7. The lowest BCUT2D eigenvalue weighted by Crippen LogP contribution is -2.44. The first kappa shape index (κ1) is 16.3. The molecule has 0 radical (unpaired) electrons. The second kappa shape index (κ2) is 8.37. The molecule has 2 saturated carbocycles. The highest BCUT2D eigenvalue weighted by Crippen LogP contribution is 2.26. The molecule has 2 fully saturated rings. The molecule has 0 heterocycles. The number of hydrogen-bond donors (Lipinski definition) is 1. The summed E-state index contributed by atoms with van der Waals surface area (Å²) in [5.41, 5.74) is 0. The molecule has 2 aliphatic carbocycles. The Hall–Kier alpha value is -1.10. The first-order chi connectivity index (χ1) is 10.2. The van der Waals surface area contributed by atoms with Crippen LogP contribution in [0, 0.1) is 0 Å². The third kappa shape index (κ3) is 6.04. The van der Waals surface area contributed by atoms with Crippen LogP contribution in [0.15, 0.2) is 0 Å². The Bertz CT molecular complexity index is 347. The van der Waals surface area contributed by atoms with Gasteiger partial charge in [0.1, 0.15) is 0 Å². The molecule has 5 nitrogen and oxygen atoms in total. The number of hydrogen-bond acceptors (Lipinski definition) is 4. The smallest absolute Gasteiger partial charge is 0.320 e. The van der Waals surface area contributed by atoms with Crippen molar-refractivity contribution in [3.8, 4) is 0 Å². The molecule has 1 amide bonds. The molecule has 21 heavy (non-hydrogen) atoms. The maximum absolute atomic E-state index is 12.2. The quantitative estimate of drug-likeness (QED) is 0.575. The van der Waals surface area contributed by atoms with Crippen molar-refractivity contribution in [2.75, 3.05) is 19.7 Å². The van der Waals surface area contributed by atoms with Crippen LogP contribution in [-0.4, -0.2) is 48.6 Å². The standard InChI is InChI=1S/C16H28N2O3/c1-2-21-16(20)12-18(14-9-10-14)11-15(19)17-13-7-5-3-4-6-8-13/h13-14H,2-12H2,1H3,(H,17,19). The highest BCUT2D eigenvalue weighted by molar-refractivity contribution is 5.79. The lowest BCUT2D eigenvalue weighted by molar-refractivity contribution is -0.144. The number of carbonyl (C=O) groups is 2. The van der Waals surface area contributed by atoms with Gasteiger partial charge in [-0.15, -0.1) is 0 Å². The van der Waals surface area contributed by atoms with Gasteiger partial charge in [0.05, 0.1) is 19.7 Å².